The van der Waals surface area contributed by atoms with E-state index in [0.717, 1.165) is 0 Å². The first-order valence-corrected chi connectivity index (χ1v) is 6.27. The standard InChI is InChI=1S/C15H16N2O3/c1-3-20-14-10-11(19-2)4-5-12(14)13(18)6-7-15-16-8-9-17-15/h4-10H,3H2,1-2H3,(H,16,17)/b7-6+. The highest BCUT2D eigenvalue weighted by Crippen LogP contribution is 2.25. The molecule has 20 heavy (non-hydrogen) atoms. The zero-order valence-corrected chi connectivity index (χ0v) is 11.4. The molecule has 1 heterocycles. The van der Waals surface area contributed by atoms with Crippen LogP contribution >= 0.6 is 0 Å². The second kappa shape index (κ2) is 6.56. The molecule has 0 saturated carbocycles. The fourth-order valence-electron chi connectivity index (χ4n) is 1.72. The molecule has 0 aliphatic rings. The number of rotatable bonds is 6. The van der Waals surface area contributed by atoms with Crippen molar-refractivity contribution < 1.29 is 14.3 Å². The number of imidazole rings is 1. The first-order valence-electron chi connectivity index (χ1n) is 6.27. The van der Waals surface area contributed by atoms with Gasteiger partial charge < -0.3 is 14.5 Å². The average Bonchev–Trinajstić information content (AvgIpc) is 2.98. The van der Waals surface area contributed by atoms with Crippen molar-refractivity contribution in [3.8, 4) is 11.5 Å². The van der Waals surface area contributed by atoms with Crippen LogP contribution in [0.4, 0.5) is 0 Å². The maximum atomic E-state index is 12.2. The van der Waals surface area contributed by atoms with Crippen LogP contribution in [0.5, 0.6) is 11.5 Å². The first-order chi connectivity index (χ1) is 9.74. The summed E-state index contributed by atoms with van der Waals surface area (Å²) in [7, 11) is 1.57. The Kier molecular flexibility index (Phi) is 4.55. The monoisotopic (exact) mass is 272 g/mol. The van der Waals surface area contributed by atoms with E-state index in [0.29, 0.717) is 29.5 Å². The van der Waals surface area contributed by atoms with E-state index in [1.807, 2.05) is 6.92 Å². The fourth-order valence-corrected chi connectivity index (χ4v) is 1.72. The molecule has 0 aliphatic carbocycles. The Morgan fingerprint density at radius 3 is 2.95 bits per heavy atom. The number of aromatic amines is 1. The number of aromatic nitrogens is 2. The van der Waals surface area contributed by atoms with E-state index in [1.54, 1.807) is 43.8 Å². The van der Waals surface area contributed by atoms with E-state index in [4.69, 9.17) is 9.47 Å². The van der Waals surface area contributed by atoms with Crippen molar-refractivity contribution >= 4 is 11.9 Å². The van der Waals surface area contributed by atoms with Gasteiger partial charge >= 0.3 is 0 Å². The quantitative estimate of drug-likeness (QED) is 0.648. The van der Waals surface area contributed by atoms with Gasteiger partial charge in [0, 0.05) is 18.5 Å². The van der Waals surface area contributed by atoms with Gasteiger partial charge in [-0.15, -0.1) is 0 Å². The second-order valence-corrected chi connectivity index (χ2v) is 3.97. The van der Waals surface area contributed by atoms with Crippen LogP contribution in [0, 0.1) is 0 Å². The molecule has 0 saturated heterocycles. The average molecular weight is 272 g/mol. The van der Waals surface area contributed by atoms with E-state index < -0.39 is 0 Å². The molecule has 0 atom stereocenters. The van der Waals surface area contributed by atoms with Crippen molar-refractivity contribution in [2.24, 2.45) is 0 Å². The molecular formula is C15H16N2O3. The van der Waals surface area contributed by atoms with Crippen LogP contribution in [0.15, 0.2) is 36.7 Å². The highest BCUT2D eigenvalue weighted by Gasteiger charge is 2.11. The third-order valence-electron chi connectivity index (χ3n) is 2.67. The van der Waals surface area contributed by atoms with Gasteiger partial charge in [0.25, 0.3) is 0 Å². The topological polar surface area (TPSA) is 64.2 Å². The summed E-state index contributed by atoms with van der Waals surface area (Å²) in [4.78, 5) is 19.1. The molecule has 0 amide bonds. The van der Waals surface area contributed by atoms with Crippen molar-refractivity contribution in [3.05, 3.63) is 48.1 Å². The molecule has 104 valence electrons. The summed E-state index contributed by atoms with van der Waals surface area (Å²) in [5, 5.41) is 0. The zero-order chi connectivity index (χ0) is 14.4. The number of allylic oxidation sites excluding steroid dienone is 1. The minimum atomic E-state index is -0.146. The molecule has 0 bridgehead atoms. The molecule has 5 heteroatoms. The molecule has 1 aromatic carbocycles. The number of ketones is 1. The lowest BCUT2D eigenvalue weighted by atomic mass is 10.1. The van der Waals surface area contributed by atoms with Crippen molar-refractivity contribution in [2.45, 2.75) is 6.92 Å². The molecule has 2 rings (SSSR count). The third kappa shape index (κ3) is 3.26. The third-order valence-corrected chi connectivity index (χ3v) is 2.67. The number of hydrogen-bond donors (Lipinski definition) is 1. The Balaban J connectivity index is 2.24. The summed E-state index contributed by atoms with van der Waals surface area (Å²) < 4.78 is 10.6. The minimum absolute atomic E-state index is 0.146. The molecule has 0 radical (unpaired) electrons. The number of methoxy groups -OCH3 is 1. The van der Waals surface area contributed by atoms with Crippen molar-refractivity contribution in [2.75, 3.05) is 13.7 Å². The van der Waals surface area contributed by atoms with Crippen LogP contribution in [0.25, 0.3) is 6.08 Å². The molecular weight excluding hydrogens is 256 g/mol. The largest absolute Gasteiger partial charge is 0.497 e. The van der Waals surface area contributed by atoms with E-state index in [1.165, 1.54) is 6.08 Å². The Morgan fingerprint density at radius 2 is 2.30 bits per heavy atom. The van der Waals surface area contributed by atoms with E-state index >= 15 is 0 Å². The lowest BCUT2D eigenvalue weighted by Crippen LogP contribution is -2.02. The number of hydrogen-bond acceptors (Lipinski definition) is 4. The molecule has 0 fully saturated rings. The lowest BCUT2D eigenvalue weighted by molar-refractivity contribution is 0.104. The first kappa shape index (κ1) is 13.9. The van der Waals surface area contributed by atoms with Gasteiger partial charge in [-0.25, -0.2) is 4.98 Å². The van der Waals surface area contributed by atoms with Gasteiger partial charge in [0.05, 0.1) is 19.3 Å². The fraction of sp³-hybridized carbons (Fsp3) is 0.200. The smallest absolute Gasteiger partial charge is 0.189 e. The summed E-state index contributed by atoms with van der Waals surface area (Å²) in [5.41, 5.74) is 0.496. The number of ether oxygens (including phenoxy) is 2. The van der Waals surface area contributed by atoms with Crippen molar-refractivity contribution in [1.82, 2.24) is 9.97 Å². The van der Waals surface area contributed by atoms with Crippen LogP contribution < -0.4 is 9.47 Å². The number of benzene rings is 1. The van der Waals surface area contributed by atoms with Gasteiger partial charge in [0.2, 0.25) is 0 Å². The zero-order valence-electron chi connectivity index (χ0n) is 11.4. The maximum absolute atomic E-state index is 12.2. The highest BCUT2D eigenvalue weighted by molar-refractivity contribution is 6.08. The van der Waals surface area contributed by atoms with Gasteiger partial charge in [-0.3, -0.25) is 4.79 Å². The summed E-state index contributed by atoms with van der Waals surface area (Å²) in [6, 6.07) is 5.13. The molecule has 1 aromatic heterocycles. The number of nitrogens with zero attached hydrogens (tertiary/aromatic N) is 1. The Hall–Kier alpha value is -2.56. The van der Waals surface area contributed by atoms with Crippen LogP contribution in [-0.4, -0.2) is 29.5 Å². The summed E-state index contributed by atoms with van der Waals surface area (Å²) in [6.45, 7) is 2.35. The minimum Gasteiger partial charge on any atom is -0.497 e. The van der Waals surface area contributed by atoms with Crippen LogP contribution in [0.1, 0.15) is 23.1 Å². The molecule has 2 aromatic rings. The van der Waals surface area contributed by atoms with Crippen molar-refractivity contribution in [1.29, 1.82) is 0 Å². The molecule has 5 nitrogen and oxygen atoms in total. The van der Waals surface area contributed by atoms with Gasteiger partial charge in [0.15, 0.2) is 5.78 Å². The normalized spacial score (nSPS) is 10.7. The highest BCUT2D eigenvalue weighted by atomic mass is 16.5. The van der Waals surface area contributed by atoms with E-state index in [9.17, 15) is 4.79 Å². The Morgan fingerprint density at radius 1 is 1.45 bits per heavy atom. The molecule has 0 unspecified atom stereocenters. The van der Waals surface area contributed by atoms with Crippen LogP contribution in [0.3, 0.4) is 0 Å². The van der Waals surface area contributed by atoms with Gasteiger partial charge in [-0.2, -0.15) is 0 Å². The predicted molar refractivity (Wildman–Crippen MR) is 76.1 cm³/mol. The maximum Gasteiger partial charge on any atom is 0.189 e. The summed E-state index contributed by atoms with van der Waals surface area (Å²) in [6.07, 6.45) is 6.41. The van der Waals surface area contributed by atoms with Crippen LogP contribution in [0.2, 0.25) is 0 Å². The molecule has 1 N–H and O–H groups in total. The lowest BCUT2D eigenvalue weighted by Gasteiger charge is -2.09. The number of carbonyl (C=O) groups excluding carboxylic acids is 1. The molecule has 0 spiro atoms. The Bertz CT molecular complexity index is 604. The Labute approximate surface area is 117 Å². The predicted octanol–water partition coefficient (Wildman–Crippen LogP) is 2.71. The van der Waals surface area contributed by atoms with Crippen molar-refractivity contribution in [3.63, 3.8) is 0 Å². The number of H-pyrrole nitrogens is 1. The number of nitrogens with one attached hydrogen (secondary N) is 1. The van der Waals surface area contributed by atoms with Gasteiger partial charge in [0.1, 0.15) is 17.3 Å². The summed E-state index contributed by atoms with van der Waals surface area (Å²) in [5.74, 6) is 1.65. The number of carbonyl (C=O) groups is 1. The van der Waals surface area contributed by atoms with Gasteiger partial charge in [-0.05, 0) is 31.2 Å². The second-order valence-electron chi connectivity index (χ2n) is 3.97. The SMILES string of the molecule is CCOc1cc(OC)ccc1C(=O)/C=C/c1ncc[nH]1. The summed E-state index contributed by atoms with van der Waals surface area (Å²) >= 11 is 0. The van der Waals surface area contributed by atoms with E-state index in [2.05, 4.69) is 9.97 Å². The van der Waals surface area contributed by atoms with Crippen LogP contribution in [-0.2, 0) is 0 Å². The molecule has 0 aliphatic heterocycles. The van der Waals surface area contributed by atoms with Gasteiger partial charge in [-0.1, -0.05) is 0 Å². The van der Waals surface area contributed by atoms with E-state index in [-0.39, 0.29) is 5.78 Å².